The molecule has 0 heterocycles. The van der Waals surface area contributed by atoms with E-state index in [9.17, 15) is 4.79 Å². The molecule has 5 nitrogen and oxygen atoms in total. The van der Waals surface area contributed by atoms with Crippen LogP contribution in [0.15, 0.2) is 59.7 Å². The highest BCUT2D eigenvalue weighted by atomic mass is 16.5. The SMILES string of the molecule is COc1ccc(N/N=C(\C(C)=N)C(=O)c2ccccc2)cc1. The summed E-state index contributed by atoms with van der Waals surface area (Å²) in [6.07, 6.45) is 0. The highest BCUT2D eigenvalue weighted by molar-refractivity contribution is 6.69. The van der Waals surface area contributed by atoms with Gasteiger partial charge in [0.25, 0.3) is 0 Å². The molecule has 2 N–H and O–H groups in total. The molecule has 2 aromatic rings. The molecule has 5 heteroatoms. The first kappa shape index (κ1) is 15.4. The standard InChI is InChI=1S/C17H17N3O2/c1-12(18)16(17(21)13-6-4-3-5-7-13)20-19-14-8-10-15(22-2)11-9-14/h3-11,18-19H,1-2H3/b18-12?,20-16+. The number of hydrogen-bond donors (Lipinski definition) is 2. The third-order valence-corrected chi connectivity index (χ3v) is 2.99. The van der Waals surface area contributed by atoms with Crippen LogP contribution in [0.4, 0.5) is 5.69 Å². The van der Waals surface area contributed by atoms with Crippen LogP contribution >= 0.6 is 0 Å². The van der Waals surface area contributed by atoms with Crippen molar-refractivity contribution in [2.45, 2.75) is 6.92 Å². The molecular weight excluding hydrogens is 278 g/mol. The Labute approximate surface area is 129 Å². The number of nitrogens with zero attached hydrogens (tertiary/aromatic N) is 1. The quantitative estimate of drug-likeness (QED) is 0.487. The van der Waals surface area contributed by atoms with Crippen molar-refractivity contribution in [2.24, 2.45) is 5.10 Å². The molecule has 0 spiro atoms. The highest BCUT2D eigenvalue weighted by Crippen LogP contribution is 2.15. The molecule has 0 saturated carbocycles. The molecule has 0 aliphatic carbocycles. The number of Topliss-reactive ketones (excluding diaryl/α,β-unsaturated/α-hetero) is 1. The normalized spacial score (nSPS) is 10.9. The first-order valence-corrected chi connectivity index (χ1v) is 6.75. The number of nitrogens with one attached hydrogen (secondary N) is 2. The lowest BCUT2D eigenvalue weighted by Crippen LogP contribution is -2.23. The van der Waals surface area contributed by atoms with E-state index in [1.54, 1.807) is 55.6 Å². The molecule has 0 unspecified atom stereocenters. The van der Waals surface area contributed by atoms with Crippen molar-refractivity contribution in [3.05, 3.63) is 60.2 Å². The summed E-state index contributed by atoms with van der Waals surface area (Å²) in [6.45, 7) is 1.54. The molecule has 0 aliphatic rings. The van der Waals surface area contributed by atoms with Crippen LogP contribution in [0, 0.1) is 5.41 Å². The Hall–Kier alpha value is -2.95. The Morgan fingerprint density at radius 1 is 1.09 bits per heavy atom. The van der Waals surface area contributed by atoms with Crippen LogP contribution in [0.1, 0.15) is 17.3 Å². The average molecular weight is 295 g/mol. The van der Waals surface area contributed by atoms with Crippen LogP contribution in [-0.2, 0) is 0 Å². The van der Waals surface area contributed by atoms with Crippen LogP contribution in [0.5, 0.6) is 5.75 Å². The summed E-state index contributed by atoms with van der Waals surface area (Å²) in [5.74, 6) is 0.451. The number of ether oxygens (including phenoxy) is 1. The molecular formula is C17H17N3O2. The van der Waals surface area contributed by atoms with E-state index in [-0.39, 0.29) is 17.2 Å². The number of ketones is 1. The number of hydrazone groups is 1. The summed E-state index contributed by atoms with van der Waals surface area (Å²) < 4.78 is 5.08. The second-order valence-electron chi connectivity index (χ2n) is 4.62. The van der Waals surface area contributed by atoms with Gasteiger partial charge in [-0.1, -0.05) is 30.3 Å². The summed E-state index contributed by atoms with van der Waals surface area (Å²) in [5, 5.41) is 11.8. The molecule has 0 saturated heterocycles. The molecule has 0 fully saturated rings. The molecule has 0 aromatic heterocycles. The lowest BCUT2D eigenvalue weighted by atomic mass is 10.0. The topological polar surface area (TPSA) is 74.5 Å². The van der Waals surface area contributed by atoms with E-state index < -0.39 is 0 Å². The van der Waals surface area contributed by atoms with E-state index in [0.717, 1.165) is 5.75 Å². The molecule has 0 radical (unpaired) electrons. The van der Waals surface area contributed by atoms with E-state index in [1.807, 2.05) is 6.07 Å². The fourth-order valence-corrected chi connectivity index (χ4v) is 1.82. The Bertz CT molecular complexity index is 692. The van der Waals surface area contributed by atoms with Crippen molar-refractivity contribution in [3.63, 3.8) is 0 Å². The number of rotatable bonds is 6. The van der Waals surface area contributed by atoms with Crippen molar-refractivity contribution >= 4 is 22.9 Å². The summed E-state index contributed by atoms with van der Waals surface area (Å²) in [4.78, 5) is 12.4. The minimum absolute atomic E-state index is 0.0852. The Morgan fingerprint density at radius 3 is 2.27 bits per heavy atom. The van der Waals surface area contributed by atoms with Crippen molar-refractivity contribution in [1.82, 2.24) is 0 Å². The first-order valence-electron chi connectivity index (χ1n) is 6.75. The van der Waals surface area contributed by atoms with Gasteiger partial charge >= 0.3 is 0 Å². The maximum Gasteiger partial charge on any atom is 0.215 e. The van der Waals surface area contributed by atoms with Gasteiger partial charge in [0.2, 0.25) is 5.78 Å². The number of carbonyl (C=O) groups excluding carboxylic acids is 1. The lowest BCUT2D eigenvalue weighted by molar-refractivity contribution is 0.106. The van der Waals surface area contributed by atoms with Gasteiger partial charge in [-0.25, -0.2) is 0 Å². The van der Waals surface area contributed by atoms with E-state index in [1.165, 1.54) is 6.92 Å². The molecule has 22 heavy (non-hydrogen) atoms. The van der Waals surface area contributed by atoms with Gasteiger partial charge in [-0.3, -0.25) is 10.2 Å². The second-order valence-corrected chi connectivity index (χ2v) is 4.62. The summed E-state index contributed by atoms with van der Waals surface area (Å²) in [6, 6.07) is 15.9. The predicted octanol–water partition coefficient (Wildman–Crippen LogP) is 3.39. The Kier molecular flexibility index (Phi) is 5.03. The highest BCUT2D eigenvalue weighted by Gasteiger charge is 2.16. The van der Waals surface area contributed by atoms with Gasteiger partial charge in [0.05, 0.1) is 18.5 Å². The fraction of sp³-hybridized carbons (Fsp3) is 0.118. The van der Waals surface area contributed by atoms with E-state index in [2.05, 4.69) is 10.5 Å². The zero-order valence-electron chi connectivity index (χ0n) is 12.5. The zero-order chi connectivity index (χ0) is 15.9. The van der Waals surface area contributed by atoms with Crippen LogP contribution in [0.3, 0.4) is 0 Å². The number of anilines is 1. The van der Waals surface area contributed by atoms with Gasteiger partial charge < -0.3 is 10.1 Å². The molecule has 0 aliphatic heterocycles. The van der Waals surface area contributed by atoms with Gasteiger partial charge in [0, 0.05) is 5.56 Å². The Balaban J connectivity index is 2.20. The summed E-state index contributed by atoms with van der Waals surface area (Å²) >= 11 is 0. The van der Waals surface area contributed by atoms with Crippen LogP contribution in [0.25, 0.3) is 0 Å². The van der Waals surface area contributed by atoms with Crippen molar-refractivity contribution < 1.29 is 9.53 Å². The summed E-state index contributed by atoms with van der Waals surface area (Å²) in [7, 11) is 1.59. The van der Waals surface area contributed by atoms with E-state index in [4.69, 9.17) is 10.1 Å². The predicted molar refractivity (Wildman–Crippen MR) is 88.2 cm³/mol. The van der Waals surface area contributed by atoms with Crippen molar-refractivity contribution in [3.8, 4) is 5.75 Å². The number of benzene rings is 2. The van der Waals surface area contributed by atoms with Crippen LogP contribution in [0.2, 0.25) is 0 Å². The van der Waals surface area contributed by atoms with Crippen molar-refractivity contribution in [2.75, 3.05) is 12.5 Å². The largest absolute Gasteiger partial charge is 0.497 e. The maximum atomic E-state index is 12.4. The van der Waals surface area contributed by atoms with Gasteiger partial charge in [-0.05, 0) is 31.2 Å². The molecule has 2 aromatic carbocycles. The third-order valence-electron chi connectivity index (χ3n) is 2.99. The average Bonchev–Trinajstić information content (AvgIpc) is 2.56. The van der Waals surface area contributed by atoms with Crippen LogP contribution < -0.4 is 10.2 Å². The monoisotopic (exact) mass is 295 g/mol. The van der Waals surface area contributed by atoms with E-state index >= 15 is 0 Å². The molecule has 112 valence electrons. The molecule has 2 rings (SSSR count). The van der Waals surface area contributed by atoms with Crippen molar-refractivity contribution in [1.29, 1.82) is 5.41 Å². The minimum Gasteiger partial charge on any atom is -0.497 e. The number of hydrogen-bond acceptors (Lipinski definition) is 5. The fourth-order valence-electron chi connectivity index (χ4n) is 1.82. The lowest BCUT2D eigenvalue weighted by Gasteiger charge is -2.06. The van der Waals surface area contributed by atoms with E-state index in [0.29, 0.717) is 11.3 Å². The zero-order valence-corrected chi connectivity index (χ0v) is 12.5. The molecule has 0 bridgehead atoms. The third kappa shape index (κ3) is 3.79. The van der Waals surface area contributed by atoms with Gasteiger partial charge in [-0.15, -0.1) is 0 Å². The minimum atomic E-state index is -0.283. The van der Waals surface area contributed by atoms with Crippen LogP contribution in [-0.4, -0.2) is 24.3 Å². The molecule has 0 atom stereocenters. The first-order chi connectivity index (χ1) is 10.6. The summed E-state index contributed by atoms with van der Waals surface area (Å²) in [5.41, 5.74) is 4.20. The smallest absolute Gasteiger partial charge is 0.215 e. The number of carbonyl (C=O) groups is 1. The molecule has 0 amide bonds. The van der Waals surface area contributed by atoms with Gasteiger partial charge in [0.15, 0.2) is 5.71 Å². The van der Waals surface area contributed by atoms with Gasteiger partial charge in [-0.2, -0.15) is 5.10 Å². The Morgan fingerprint density at radius 2 is 1.73 bits per heavy atom. The second kappa shape index (κ2) is 7.17. The van der Waals surface area contributed by atoms with Gasteiger partial charge in [0.1, 0.15) is 5.75 Å². The number of methoxy groups -OCH3 is 1. The maximum absolute atomic E-state index is 12.4.